The highest BCUT2D eigenvalue weighted by molar-refractivity contribution is 5.94. The number of nitrogens with zero attached hydrogens (tertiary/aromatic N) is 1. The second-order valence-corrected chi connectivity index (χ2v) is 5.64. The molecule has 1 aliphatic rings. The number of halogens is 7. The van der Waals surface area contributed by atoms with Gasteiger partial charge in [-0.1, -0.05) is 0 Å². The van der Waals surface area contributed by atoms with Crippen LogP contribution in [0.15, 0.2) is 18.2 Å². The number of nitrogens with one attached hydrogen (secondary N) is 2. The van der Waals surface area contributed by atoms with Crippen molar-refractivity contribution in [2.45, 2.75) is 12.4 Å². The summed E-state index contributed by atoms with van der Waals surface area (Å²) in [6.07, 6.45) is -9.95. The number of rotatable bonds is 4. The molecule has 1 aromatic carbocycles. The molecule has 148 valence electrons. The van der Waals surface area contributed by atoms with Gasteiger partial charge in [0.2, 0.25) is 0 Å². The summed E-state index contributed by atoms with van der Waals surface area (Å²) >= 11 is 0. The van der Waals surface area contributed by atoms with Crippen molar-refractivity contribution in [2.75, 3.05) is 39.3 Å². The van der Waals surface area contributed by atoms with Crippen LogP contribution in [-0.4, -0.2) is 50.1 Å². The lowest BCUT2D eigenvalue weighted by atomic mass is 10.0. The van der Waals surface area contributed by atoms with E-state index in [2.05, 4.69) is 10.6 Å². The fourth-order valence-corrected chi connectivity index (χ4v) is 2.45. The SMILES string of the molecule is Cl.O=C(NCCN1CCNCC1)c1cc(C(F)(F)F)cc(C(F)(F)F)c1. The van der Waals surface area contributed by atoms with Gasteiger partial charge in [-0.15, -0.1) is 12.4 Å². The van der Waals surface area contributed by atoms with E-state index in [1.54, 1.807) is 0 Å². The van der Waals surface area contributed by atoms with Gasteiger partial charge >= 0.3 is 12.4 Å². The minimum atomic E-state index is -4.98. The van der Waals surface area contributed by atoms with Crippen LogP contribution < -0.4 is 10.6 Å². The van der Waals surface area contributed by atoms with Gasteiger partial charge in [0.05, 0.1) is 11.1 Å². The number of carbonyl (C=O) groups excluding carboxylic acids is 1. The summed E-state index contributed by atoms with van der Waals surface area (Å²) in [6, 6.07) is 0.849. The van der Waals surface area contributed by atoms with E-state index in [0.29, 0.717) is 18.7 Å². The Morgan fingerprint density at radius 3 is 1.96 bits per heavy atom. The van der Waals surface area contributed by atoms with Crippen molar-refractivity contribution in [3.63, 3.8) is 0 Å². The van der Waals surface area contributed by atoms with Crippen LogP contribution in [0.2, 0.25) is 0 Å². The molecule has 4 nitrogen and oxygen atoms in total. The van der Waals surface area contributed by atoms with Crippen molar-refractivity contribution >= 4 is 18.3 Å². The zero-order valence-electron chi connectivity index (χ0n) is 13.5. The predicted octanol–water partition coefficient (Wildman–Crippen LogP) is 2.78. The van der Waals surface area contributed by atoms with Crippen molar-refractivity contribution in [1.29, 1.82) is 0 Å². The predicted molar refractivity (Wildman–Crippen MR) is 85.3 cm³/mol. The van der Waals surface area contributed by atoms with Gasteiger partial charge in [0.1, 0.15) is 0 Å². The van der Waals surface area contributed by atoms with Crippen LogP contribution in [0.4, 0.5) is 26.3 Å². The zero-order valence-corrected chi connectivity index (χ0v) is 14.3. The lowest BCUT2D eigenvalue weighted by molar-refractivity contribution is -0.143. The number of hydrogen-bond donors (Lipinski definition) is 2. The van der Waals surface area contributed by atoms with E-state index in [4.69, 9.17) is 0 Å². The first-order valence-electron chi connectivity index (χ1n) is 7.58. The summed E-state index contributed by atoms with van der Waals surface area (Å²) in [5.74, 6) is -0.966. The van der Waals surface area contributed by atoms with Gasteiger partial charge in [-0.2, -0.15) is 26.3 Å². The molecule has 0 bridgehead atoms. The van der Waals surface area contributed by atoms with Gasteiger partial charge in [-0.3, -0.25) is 9.69 Å². The summed E-state index contributed by atoms with van der Waals surface area (Å²) in [5, 5.41) is 5.51. The quantitative estimate of drug-likeness (QED) is 0.757. The molecule has 2 rings (SSSR count). The molecular weight excluding hydrogens is 388 g/mol. The molecule has 1 aromatic rings. The molecule has 0 aliphatic carbocycles. The Balaban J connectivity index is 0.00000338. The first-order valence-corrected chi connectivity index (χ1v) is 7.58. The number of alkyl halides is 6. The maximum Gasteiger partial charge on any atom is 0.416 e. The van der Waals surface area contributed by atoms with E-state index in [-0.39, 0.29) is 25.0 Å². The Morgan fingerprint density at radius 1 is 1.00 bits per heavy atom. The van der Waals surface area contributed by atoms with Gasteiger partial charge in [0.15, 0.2) is 0 Å². The van der Waals surface area contributed by atoms with E-state index in [0.717, 1.165) is 26.2 Å². The van der Waals surface area contributed by atoms with E-state index < -0.39 is 35.0 Å². The zero-order chi connectivity index (χ0) is 18.7. The number of carbonyl (C=O) groups is 1. The third kappa shape index (κ3) is 6.33. The highest BCUT2D eigenvalue weighted by Gasteiger charge is 2.37. The second kappa shape index (κ2) is 8.92. The van der Waals surface area contributed by atoms with Crippen molar-refractivity contribution < 1.29 is 31.1 Å². The van der Waals surface area contributed by atoms with E-state index in [9.17, 15) is 31.1 Å². The molecule has 0 radical (unpaired) electrons. The van der Waals surface area contributed by atoms with Crippen LogP contribution in [0.25, 0.3) is 0 Å². The summed E-state index contributed by atoms with van der Waals surface area (Å²) in [5.41, 5.74) is -3.67. The van der Waals surface area contributed by atoms with Crippen LogP contribution >= 0.6 is 12.4 Å². The molecule has 0 aromatic heterocycles. The topological polar surface area (TPSA) is 44.4 Å². The standard InChI is InChI=1S/C15H17F6N3O.ClH/c16-14(17,18)11-7-10(8-12(9-11)15(19,20)21)13(25)23-3-6-24-4-1-22-2-5-24;/h7-9,22H,1-6H2,(H,23,25);1H. The molecule has 1 heterocycles. The molecule has 11 heteroatoms. The fourth-order valence-electron chi connectivity index (χ4n) is 2.45. The Morgan fingerprint density at radius 2 is 1.50 bits per heavy atom. The van der Waals surface area contributed by atoms with Crippen LogP contribution in [0, 0.1) is 0 Å². The first kappa shape index (κ1) is 22.5. The Hall–Kier alpha value is -1.52. The van der Waals surface area contributed by atoms with Gasteiger partial charge in [0.25, 0.3) is 5.91 Å². The minimum Gasteiger partial charge on any atom is -0.351 e. The van der Waals surface area contributed by atoms with E-state index >= 15 is 0 Å². The number of piperazine rings is 1. The minimum absolute atomic E-state index is 0. The molecule has 1 fully saturated rings. The molecule has 2 N–H and O–H groups in total. The normalized spacial score (nSPS) is 16.1. The third-order valence-electron chi connectivity index (χ3n) is 3.77. The largest absolute Gasteiger partial charge is 0.416 e. The molecule has 1 saturated heterocycles. The van der Waals surface area contributed by atoms with Gasteiger partial charge in [-0.25, -0.2) is 0 Å². The van der Waals surface area contributed by atoms with Crippen molar-refractivity contribution in [2.24, 2.45) is 0 Å². The van der Waals surface area contributed by atoms with Crippen LogP contribution in [0.5, 0.6) is 0 Å². The van der Waals surface area contributed by atoms with Crippen molar-refractivity contribution in [1.82, 2.24) is 15.5 Å². The van der Waals surface area contributed by atoms with Crippen molar-refractivity contribution in [3.05, 3.63) is 34.9 Å². The Kier molecular flexibility index (Phi) is 7.72. The highest BCUT2D eigenvalue weighted by Crippen LogP contribution is 2.36. The third-order valence-corrected chi connectivity index (χ3v) is 3.77. The molecule has 1 aliphatic heterocycles. The lowest BCUT2D eigenvalue weighted by Crippen LogP contribution is -2.46. The Labute approximate surface area is 152 Å². The average molecular weight is 406 g/mol. The summed E-state index contributed by atoms with van der Waals surface area (Å²) in [6.45, 7) is 3.71. The fraction of sp³-hybridized carbons (Fsp3) is 0.533. The molecule has 26 heavy (non-hydrogen) atoms. The lowest BCUT2D eigenvalue weighted by Gasteiger charge is -2.27. The maximum atomic E-state index is 12.8. The molecule has 0 atom stereocenters. The Bertz CT molecular complexity index is 582. The second-order valence-electron chi connectivity index (χ2n) is 5.64. The number of benzene rings is 1. The van der Waals surface area contributed by atoms with Crippen LogP contribution in [-0.2, 0) is 12.4 Å². The monoisotopic (exact) mass is 405 g/mol. The van der Waals surface area contributed by atoms with Gasteiger partial charge in [-0.05, 0) is 18.2 Å². The number of amides is 1. The average Bonchev–Trinajstić information content (AvgIpc) is 2.53. The van der Waals surface area contributed by atoms with E-state index in [1.165, 1.54) is 0 Å². The summed E-state index contributed by atoms with van der Waals surface area (Å²) in [7, 11) is 0. The smallest absolute Gasteiger partial charge is 0.351 e. The maximum absolute atomic E-state index is 12.8. The first-order chi connectivity index (χ1) is 11.6. The van der Waals surface area contributed by atoms with Gasteiger partial charge in [0, 0.05) is 44.8 Å². The molecule has 1 amide bonds. The van der Waals surface area contributed by atoms with Crippen LogP contribution in [0.1, 0.15) is 21.5 Å². The van der Waals surface area contributed by atoms with E-state index in [1.807, 2.05) is 4.90 Å². The summed E-state index contributed by atoms with van der Waals surface area (Å²) < 4.78 is 76.7. The molecule has 0 spiro atoms. The molecule has 0 saturated carbocycles. The molecular formula is C15H18ClF6N3O. The highest BCUT2D eigenvalue weighted by atomic mass is 35.5. The summed E-state index contributed by atoms with van der Waals surface area (Å²) in [4.78, 5) is 14.0. The van der Waals surface area contributed by atoms with Crippen molar-refractivity contribution in [3.8, 4) is 0 Å². The molecule has 0 unspecified atom stereocenters. The number of hydrogen-bond acceptors (Lipinski definition) is 3. The van der Waals surface area contributed by atoms with Gasteiger partial charge < -0.3 is 10.6 Å². The van der Waals surface area contributed by atoms with Crippen LogP contribution in [0.3, 0.4) is 0 Å².